The highest BCUT2D eigenvalue weighted by molar-refractivity contribution is 6.33. The van der Waals surface area contributed by atoms with Gasteiger partial charge in [0.25, 0.3) is 5.91 Å². The molecule has 0 saturated heterocycles. The number of amides is 1. The molecule has 0 atom stereocenters. The Bertz CT molecular complexity index is 945. The summed E-state index contributed by atoms with van der Waals surface area (Å²) in [7, 11) is 0. The molecule has 0 fully saturated rings. The van der Waals surface area contributed by atoms with Crippen LogP contribution in [0.25, 0.3) is 6.08 Å². The van der Waals surface area contributed by atoms with Crippen LogP contribution in [0.4, 0.5) is 5.69 Å². The maximum Gasteiger partial charge on any atom is 0.282 e. The third-order valence-electron chi connectivity index (χ3n) is 4.01. The molecule has 3 nitrogen and oxygen atoms in total. The van der Waals surface area contributed by atoms with Gasteiger partial charge in [-0.05, 0) is 23.8 Å². The van der Waals surface area contributed by atoms with Crippen molar-refractivity contribution in [3.8, 4) is 0 Å². The highest BCUT2D eigenvalue weighted by atomic mass is 16.2. The second-order valence-electron chi connectivity index (χ2n) is 5.72. The molecule has 0 spiro atoms. The number of para-hydroxylation sites is 1. The van der Waals surface area contributed by atoms with E-state index in [0.717, 1.165) is 16.8 Å². The zero-order valence-corrected chi connectivity index (χ0v) is 13.5. The van der Waals surface area contributed by atoms with Crippen molar-refractivity contribution in [1.29, 1.82) is 0 Å². The summed E-state index contributed by atoms with van der Waals surface area (Å²) in [6, 6.07) is 29.2. The minimum absolute atomic E-state index is 0.117. The van der Waals surface area contributed by atoms with Crippen molar-refractivity contribution in [1.82, 2.24) is 0 Å². The fourth-order valence-electron chi connectivity index (χ4n) is 2.82. The van der Waals surface area contributed by atoms with Gasteiger partial charge in [0.2, 0.25) is 0 Å². The molecule has 1 amide bonds. The first kappa shape index (κ1) is 15.1. The summed E-state index contributed by atoms with van der Waals surface area (Å²) in [4.78, 5) is 19.4. The van der Waals surface area contributed by atoms with Crippen LogP contribution < -0.4 is 4.90 Å². The Labute approximate surface area is 146 Å². The largest absolute Gasteiger partial charge is 0.282 e. The first-order valence-electron chi connectivity index (χ1n) is 8.13. The number of anilines is 1. The molecule has 0 saturated carbocycles. The Morgan fingerprint density at radius 3 is 1.92 bits per heavy atom. The van der Waals surface area contributed by atoms with E-state index in [2.05, 4.69) is 4.99 Å². The molecule has 0 aliphatic carbocycles. The van der Waals surface area contributed by atoms with Crippen molar-refractivity contribution >= 4 is 23.5 Å². The van der Waals surface area contributed by atoms with Crippen molar-refractivity contribution in [3.05, 3.63) is 108 Å². The molecule has 0 unspecified atom stereocenters. The lowest BCUT2D eigenvalue weighted by molar-refractivity contribution is -0.113. The molecule has 1 aliphatic heterocycles. The number of aliphatic imine (C=N–C) groups is 1. The van der Waals surface area contributed by atoms with Gasteiger partial charge in [-0.1, -0.05) is 78.9 Å². The monoisotopic (exact) mass is 324 g/mol. The van der Waals surface area contributed by atoms with E-state index in [1.807, 2.05) is 97.1 Å². The van der Waals surface area contributed by atoms with E-state index in [1.54, 1.807) is 4.90 Å². The zero-order valence-electron chi connectivity index (χ0n) is 13.5. The Morgan fingerprint density at radius 2 is 1.28 bits per heavy atom. The van der Waals surface area contributed by atoms with E-state index < -0.39 is 0 Å². The van der Waals surface area contributed by atoms with Crippen LogP contribution in [0.15, 0.2) is 102 Å². The number of amidine groups is 1. The molecule has 120 valence electrons. The fourth-order valence-corrected chi connectivity index (χ4v) is 2.82. The summed E-state index contributed by atoms with van der Waals surface area (Å²) in [6.45, 7) is 0. The lowest BCUT2D eigenvalue weighted by Gasteiger charge is -2.18. The van der Waals surface area contributed by atoms with Gasteiger partial charge in [0.15, 0.2) is 0 Å². The van der Waals surface area contributed by atoms with E-state index in [-0.39, 0.29) is 5.91 Å². The summed E-state index contributed by atoms with van der Waals surface area (Å²) in [6.07, 6.45) is 1.83. The lowest BCUT2D eigenvalue weighted by atomic mass is 10.1. The van der Waals surface area contributed by atoms with Crippen LogP contribution in [0.3, 0.4) is 0 Å². The number of rotatable bonds is 3. The highest BCUT2D eigenvalue weighted by Crippen LogP contribution is 2.27. The standard InChI is InChI=1S/C22H16N2O/c25-22-20(16-17-10-4-1-5-11-17)23-21(18-12-6-2-7-13-18)24(22)19-14-8-3-9-15-19/h1-16H/b20-16-. The smallest absolute Gasteiger partial charge is 0.266 e. The van der Waals surface area contributed by atoms with Crippen molar-refractivity contribution in [2.75, 3.05) is 4.90 Å². The molecule has 3 aromatic carbocycles. The summed E-state index contributed by atoms with van der Waals surface area (Å²) in [5.74, 6) is 0.535. The average Bonchev–Trinajstić information content (AvgIpc) is 3.00. The second-order valence-corrected chi connectivity index (χ2v) is 5.72. The molecule has 4 rings (SSSR count). The molecule has 1 aliphatic rings. The highest BCUT2D eigenvalue weighted by Gasteiger charge is 2.32. The van der Waals surface area contributed by atoms with Crippen LogP contribution in [-0.4, -0.2) is 11.7 Å². The first-order valence-corrected chi connectivity index (χ1v) is 8.13. The average molecular weight is 324 g/mol. The van der Waals surface area contributed by atoms with Crippen LogP contribution >= 0.6 is 0 Å². The van der Waals surface area contributed by atoms with Gasteiger partial charge < -0.3 is 0 Å². The minimum Gasteiger partial charge on any atom is -0.266 e. The topological polar surface area (TPSA) is 32.7 Å². The van der Waals surface area contributed by atoms with Gasteiger partial charge in [0.05, 0.1) is 5.69 Å². The molecule has 0 N–H and O–H groups in total. The quantitative estimate of drug-likeness (QED) is 0.652. The first-order chi connectivity index (χ1) is 12.3. The molecule has 1 heterocycles. The predicted molar refractivity (Wildman–Crippen MR) is 101 cm³/mol. The summed E-state index contributed by atoms with van der Waals surface area (Å²) >= 11 is 0. The second kappa shape index (κ2) is 6.57. The summed E-state index contributed by atoms with van der Waals surface area (Å²) < 4.78 is 0. The molecule has 25 heavy (non-hydrogen) atoms. The Hall–Kier alpha value is -3.46. The molecule has 3 heteroatoms. The summed E-state index contributed by atoms with van der Waals surface area (Å²) in [5.41, 5.74) is 3.12. The van der Waals surface area contributed by atoms with Crippen LogP contribution in [0, 0.1) is 0 Å². The van der Waals surface area contributed by atoms with E-state index in [0.29, 0.717) is 11.5 Å². The number of carbonyl (C=O) groups is 1. The third kappa shape index (κ3) is 3.00. The van der Waals surface area contributed by atoms with Gasteiger partial charge >= 0.3 is 0 Å². The maximum atomic E-state index is 13.0. The van der Waals surface area contributed by atoms with Gasteiger partial charge in [-0.15, -0.1) is 0 Å². The van der Waals surface area contributed by atoms with E-state index >= 15 is 0 Å². The van der Waals surface area contributed by atoms with Crippen molar-refractivity contribution in [3.63, 3.8) is 0 Å². The van der Waals surface area contributed by atoms with Crippen molar-refractivity contribution in [2.45, 2.75) is 0 Å². The Morgan fingerprint density at radius 1 is 0.720 bits per heavy atom. The van der Waals surface area contributed by atoms with Crippen LogP contribution in [0.1, 0.15) is 11.1 Å². The molecule has 3 aromatic rings. The molecule has 0 aromatic heterocycles. The Balaban J connectivity index is 1.83. The summed E-state index contributed by atoms with van der Waals surface area (Å²) in [5, 5.41) is 0. The lowest BCUT2D eigenvalue weighted by Crippen LogP contribution is -2.32. The van der Waals surface area contributed by atoms with Crippen LogP contribution in [-0.2, 0) is 4.79 Å². The fraction of sp³-hybridized carbons (Fsp3) is 0. The zero-order chi connectivity index (χ0) is 17.1. The van der Waals surface area contributed by atoms with Crippen LogP contribution in [0.2, 0.25) is 0 Å². The SMILES string of the molecule is O=C1/C(=C/c2ccccc2)N=C(c2ccccc2)N1c1ccccc1. The number of benzene rings is 3. The normalized spacial score (nSPS) is 15.5. The molecule has 0 bridgehead atoms. The predicted octanol–water partition coefficient (Wildman–Crippen LogP) is 4.52. The van der Waals surface area contributed by atoms with Gasteiger partial charge in [-0.3, -0.25) is 9.69 Å². The van der Waals surface area contributed by atoms with Gasteiger partial charge in [-0.2, -0.15) is 0 Å². The number of nitrogens with zero attached hydrogens (tertiary/aromatic N) is 2. The third-order valence-corrected chi connectivity index (χ3v) is 4.01. The van der Waals surface area contributed by atoms with E-state index in [1.165, 1.54) is 0 Å². The molecular formula is C22H16N2O. The number of hydrogen-bond donors (Lipinski definition) is 0. The molecule has 0 radical (unpaired) electrons. The van der Waals surface area contributed by atoms with Crippen molar-refractivity contribution in [2.24, 2.45) is 4.99 Å². The number of hydrogen-bond acceptors (Lipinski definition) is 2. The molecular weight excluding hydrogens is 308 g/mol. The van der Waals surface area contributed by atoms with E-state index in [4.69, 9.17) is 0 Å². The van der Waals surface area contributed by atoms with Gasteiger partial charge in [0.1, 0.15) is 11.5 Å². The number of carbonyl (C=O) groups excluding carboxylic acids is 1. The van der Waals surface area contributed by atoms with Crippen molar-refractivity contribution < 1.29 is 4.79 Å². The minimum atomic E-state index is -0.117. The Kier molecular flexibility index (Phi) is 3.97. The van der Waals surface area contributed by atoms with E-state index in [9.17, 15) is 4.79 Å². The van der Waals surface area contributed by atoms with Crippen LogP contribution in [0.5, 0.6) is 0 Å². The maximum absolute atomic E-state index is 13.0. The van der Waals surface area contributed by atoms with Gasteiger partial charge in [0, 0.05) is 5.56 Å². The van der Waals surface area contributed by atoms with Gasteiger partial charge in [-0.25, -0.2) is 4.99 Å².